The van der Waals surface area contributed by atoms with Gasteiger partial charge in [-0.1, -0.05) is 48.0 Å². The molecule has 0 heterocycles. The van der Waals surface area contributed by atoms with E-state index in [9.17, 15) is 0 Å². The quantitative estimate of drug-likeness (QED) is 0.865. The minimum absolute atomic E-state index is 0.0744. The van der Waals surface area contributed by atoms with Crippen LogP contribution in [-0.4, -0.2) is 0 Å². The number of hydrogen-bond donors (Lipinski definition) is 1. The van der Waals surface area contributed by atoms with Crippen molar-refractivity contribution in [2.24, 2.45) is 5.73 Å². The van der Waals surface area contributed by atoms with E-state index >= 15 is 0 Å². The lowest BCUT2D eigenvalue weighted by molar-refractivity contribution is 0.715. The van der Waals surface area contributed by atoms with E-state index in [0.29, 0.717) is 0 Å². The highest BCUT2D eigenvalue weighted by Crippen LogP contribution is 2.21. The molecule has 0 bridgehead atoms. The van der Waals surface area contributed by atoms with Crippen molar-refractivity contribution in [1.82, 2.24) is 0 Å². The summed E-state index contributed by atoms with van der Waals surface area (Å²) < 4.78 is 0. The molecule has 94 valence electrons. The van der Waals surface area contributed by atoms with Crippen molar-refractivity contribution >= 4 is 0 Å². The molecule has 0 aliphatic heterocycles. The molecule has 0 amide bonds. The maximum atomic E-state index is 6.31. The molecule has 2 N–H and O–H groups in total. The van der Waals surface area contributed by atoms with Gasteiger partial charge in [0.1, 0.15) is 0 Å². The molecule has 2 aromatic rings. The van der Waals surface area contributed by atoms with Crippen molar-refractivity contribution in [3.05, 3.63) is 70.3 Å². The first-order chi connectivity index (χ1) is 8.58. The van der Waals surface area contributed by atoms with Gasteiger partial charge in [-0.3, -0.25) is 0 Å². The molecule has 1 nitrogen and oxygen atoms in total. The summed E-state index contributed by atoms with van der Waals surface area (Å²) in [5.41, 5.74) is 12.8. The third kappa shape index (κ3) is 2.80. The summed E-state index contributed by atoms with van der Waals surface area (Å²) in [6.45, 7) is 6.41. The molecule has 0 aliphatic carbocycles. The third-order valence-electron chi connectivity index (χ3n) is 3.57. The average Bonchev–Trinajstić information content (AvgIpc) is 2.34. The maximum absolute atomic E-state index is 6.31. The van der Waals surface area contributed by atoms with Gasteiger partial charge in [0.15, 0.2) is 0 Å². The molecule has 1 heteroatoms. The largest absolute Gasteiger partial charge is 0.324 e. The third-order valence-corrected chi connectivity index (χ3v) is 3.57. The van der Waals surface area contributed by atoms with Gasteiger partial charge in [0.05, 0.1) is 0 Å². The molecular weight excluding hydrogens is 218 g/mol. The first kappa shape index (κ1) is 12.8. The summed E-state index contributed by atoms with van der Waals surface area (Å²) in [7, 11) is 0. The van der Waals surface area contributed by atoms with Gasteiger partial charge < -0.3 is 5.73 Å². The molecule has 0 saturated carbocycles. The Morgan fingerprint density at radius 2 is 1.44 bits per heavy atom. The first-order valence-corrected chi connectivity index (χ1v) is 6.45. The van der Waals surface area contributed by atoms with Crippen LogP contribution in [0.3, 0.4) is 0 Å². The van der Waals surface area contributed by atoms with Gasteiger partial charge in [-0.25, -0.2) is 0 Å². The fourth-order valence-corrected chi connectivity index (χ4v) is 2.32. The zero-order valence-electron chi connectivity index (χ0n) is 11.4. The van der Waals surface area contributed by atoms with Crippen LogP contribution in [-0.2, 0) is 6.42 Å². The Hall–Kier alpha value is -1.60. The van der Waals surface area contributed by atoms with Crippen LogP contribution in [0.2, 0.25) is 0 Å². The molecule has 1 atom stereocenters. The van der Waals surface area contributed by atoms with Crippen LogP contribution in [0.1, 0.15) is 33.9 Å². The lowest BCUT2D eigenvalue weighted by Crippen LogP contribution is -2.14. The van der Waals surface area contributed by atoms with Crippen LogP contribution < -0.4 is 5.73 Å². The Morgan fingerprint density at radius 3 is 2.00 bits per heavy atom. The van der Waals surface area contributed by atoms with Crippen LogP contribution in [0.4, 0.5) is 0 Å². The number of hydrogen-bond acceptors (Lipinski definition) is 1. The van der Waals surface area contributed by atoms with Crippen LogP contribution in [0.25, 0.3) is 0 Å². The molecule has 0 aliphatic rings. The number of aryl methyl sites for hydroxylation is 3. The lowest BCUT2D eigenvalue weighted by atomic mass is 9.93. The maximum Gasteiger partial charge on any atom is 0.0335 e. The van der Waals surface area contributed by atoms with Crippen molar-refractivity contribution in [1.29, 1.82) is 0 Å². The fourth-order valence-electron chi connectivity index (χ4n) is 2.32. The molecule has 2 aromatic carbocycles. The summed E-state index contributed by atoms with van der Waals surface area (Å²) in [6, 6.07) is 15.0. The highest BCUT2D eigenvalue weighted by atomic mass is 14.6. The Kier molecular flexibility index (Phi) is 3.83. The van der Waals surface area contributed by atoms with E-state index < -0.39 is 0 Å². The smallest absolute Gasteiger partial charge is 0.0335 e. The molecule has 1 unspecified atom stereocenters. The lowest BCUT2D eigenvalue weighted by Gasteiger charge is -2.16. The van der Waals surface area contributed by atoms with E-state index in [1.165, 1.54) is 27.8 Å². The van der Waals surface area contributed by atoms with E-state index in [2.05, 4.69) is 63.2 Å². The van der Waals surface area contributed by atoms with Crippen molar-refractivity contribution in [3.63, 3.8) is 0 Å². The van der Waals surface area contributed by atoms with E-state index in [1.54, 1.807) is 0 Å². The SMILES string of the molecule is Cc1ccc(C(N)Cc2c(C)cccc2C)cc1. The second-order valence-electron chi connectivity index (χ2n) is 5.09. The van der Waals surface area contributed by atoms with Crippen LogP contribution >= 0.6 is 0 Å². The summed E-state index contributed by atoms with van der Waals surface area (Å²) in [5.74, 6) is 0. The molecule has 18 heavy (non-hydrogen) atoms. The second kappa shape index (κ2) is 5.36. The molecule has 0 spiro atoms. The summed E-state index contributed by atoms with van der Waals surface area (Å²) in [6.07, 6.45) is 0.904. The van der Waals surface area contributed by atoms with Gasteiger partial charge >= 0.3 is 0 Å². The number of benzene rings is 2. The predicted octanol–water partition coefficient (Wildman–Crippen LogP) is 3.85. The topological polar surface area (TPSA) is 26.0 Å². The molecule has 0 aromatic heterocycles. The zero-order valence-corrected chi connectivity index (χ0v) is 11.4. The highest BCUT2D eigenvalue weighted by Gasteiger charge is 2.10. The van der Waals surface area contributed by atoms with Gasteiger partial charge in [0.2, 0.25) is 0 Å². The summed E-state index contributed by atoms with van der Waals surface area (Å²) in [5, 5.41) is 0. The average molecular weight is 239 g/mol. The first-order valence-electron chi connectivity index (χ1n) is 6.45. The van der Waals surface area contributed by atoms with Gasteiger partial charge in [0, 0.05) is 6.04 Å². The molecular formula is C17H21N. The molecule has 0 fully saturated rings. The summed E-state index contributed by atoms with van der Waals surface area (Å²) >= 11 is 0. The van der Waals surface area contributed by atoms with Crippen LogP contribution in [0.5, 0.6) is 0 Å². The fraction of sp³-hybridized carbons (Fsp3) is 0.294. The normalized spacial score (nSPS) is 12.4. The zero-order chi connectivity index (χ0) is 13.1. The second-order valence-corrected chi connectivity index (χ2v) is 5.09. The number of nitrogens with two attached hydrogens (primary N) is 1. The Balaban J connectivity index is 2.21. The predicted molar refractivity (Wildman–Crippen MR) is 77.7 cm³/mol. The van der Waals surface area contributed by atoms with E-state index in [0.717, 1.165) is 6.42 Å². The molecule has 0 radical (unpaired) electrons. The standard InChI is InChI=1S/C17H21N/c1-12-7-9-15(10-8-12)17(18)11-16-13(2)5-4-6-14(16)3/h4-10,17H,11,18H2,1-3H3. The van der Waals surface area contributed by atoms with Crippen molar-refractivity contribution < 1.29 is 0 Å². The van der Waals surface area contributed by atoms with Gasteiger partial charge in [0.25, 0.3) is 0 Å². The van der Waals surface area contributed by atoms with Gasteiger partial charge in [-0.15, -0.1) is 0 Å². The van der Waals surface area contributed by atoms with Crippen molar-refractivity contribution in [2.45, 2.75) is 33.2 Å². The monoisotopic (exact) mass is 239 g/mol. The van der Waals surface area contributed by atoms with Crippen LogP contribution in [0, 0.1) is 20.8 Å². The van der Waals surface area contributed by atoms with Crippen molar-refractivity contribution in [3.8, 4) is 0 Å². The molecule has 0 saturated heterocycles. The van der Waals surface area contributed by atoms with Crippen LogP contribution in [0.15, 0.2) is 42.5 Å². The Morgan fingerprint density at radius 1 is 0.889 bits per heavy atom. The Labute approximate surface area is 110 Å². The summed E-state index contributed by atoms with van der Waals surface area (Å²) in [4.78, 5) is 0. The van der Waals surface area contributed by atoms with E-state index in [1.807, 2.05) is 0 Å². The van der Waals surface area contributed by atoms with E-state index in [4.69, 9.17) is 5.73 Å². The van der Waals surface area contributed by atoms with Gasteiger partial charge in [-0.05, 0) is 49.4 Å². The number of rotatable bonds is 3. The Bertz CT molecular complexity index is 506. The minimum atomic E-state index is 0.0744. The van der Waals surface area contributed by atoms with Gasteiger partial charge in [-0.2, -0.15) is 0 Å². The highest BCUT2D eigenvalue weighted by molar-refractivity contribution is 5.35. The van der Waals surface area contributed by atoms with E-state index in [-0.39, 0.29) is 6.04 Å². The molecule has 2 rings (SSSR count). The van der Waals surface area contributed by atoms with Crippen molar-refractivity contribution in [2.75, 3.05) is 0 Å². The minimum Gasteiger partial charge on any atom is -0.324 e.